The van der Waals surface area contributed by atoms with Crippen LogP contribution in [0.5, 0.6) is 0 Å². The Morgan fingerprint density at radius 2 is 0.190 bits per heavy atom. The maximum absolute atomic E-state index is 10.1. The Kier molecular flexibility index (Phi) is 131. The standard InChI is InChI=1S/12C5H12N2O.6FH2O3P/c12*1-6-5(8-4)7(2)3;6*1-5(2,3)4/h12*1-4H3;6*(H2,2,3,4). The molecule has 54 nitrogen and oxygen atoms in total. The lowest BCUT2D eigenvalue weighted by Gasteiger charge is -2.15. The first-order valence-corrected chi connectivity index (χ1v) is 42.7. The Hall–Kier alpha value is -8.28. The van der Waals surface area contributed by atoms with E-state index in [0.717, 1.165) is 72.3 Å². The van der Waals surface area contributed by atoms with Gasteiger partial charge in [-0.15, -0.1) is 0 Å². The topological polar surface area (TPSA) is 670 Å². The van der Waals surface area contributed by atoms with E-state index < -0.39 is 47.4 Å². The number of hydrogen-bond acceptors (Lipinski definition) is 30. The molecule has 0 aliphatic carbocycles. The van der Waals surface area contributed by atoms with Crippen molar-refractivity contribution in [2.24, 2.45) is 0 Å². The van der Waals surface area contributed by atoms with Crippen molar-refractivity contribution in [3.8, 4) is 0 Å². The van der Waals surface area contributed by atoms with Gasteiger partial charge in [-0.05, 0) is 0 Å². The molecule has 0 bridgehead atoms. The molecule has 0 rings (SSSR count). The number of halogens is 6. The molecule has 0 radical (unpaired) electrons. The molecule has 0 aromatic rings. The van der Waals surface area contributed by atoms with Crippen molar-refractivity contribution in [3.05, 3.63) is 0 Å². The minimum atomic E-state index is -5.64. The van der Waals surface area contributed by atoms with Gasteiger partial charge in [0, 0.05) is 0 Å². The van der Waals surface area contributed by atoms with Gasteiger partial charge in [-0.3, -0.25) is 0 Å². The molecule has 0 amide bonds. The first-order valence-electron chi connectivity index (χ1n) is 34.1. The zero-order valence-corrected chi connectivity index (χ0v) is 87.9. The molecule has 0 unspecified atom stereocenters. The minimum absolute atomic E-state index is 0.769. The molecular weight excluding hydrogens is 1840 g/mol. The predicted molar refractivity (Wildman–Crippen MR) is 450 cm³/mol. The summed E-state index contributed by atoms with van der Waals surface area (Å²) in [6.45, 7) is 0. The highest BCUT2D eigenvalue weighted by molar-refractivity contribution is 7.43. The lowest BCUT2D eigenvalue weighted by Crippen LogP contribution is -2.28. The van der Waals surface area contributed by atoms with Crippen molar-refractivity contribution < 1.29 is 223 Å². The zero-order chi connectivity index (χ0) is 106. The number of amidine groups is 12. The Bertz CT molecular complexity index is 2530. The summed E-state index contributed by atoms with van der Waals surface area (Å²) >= 11 is 0. The summed E-state index contributed by atoms with van der Waals surface area (Å²) in [6, 6.07) is 9.22. The van der Waals surface area contributed by atoms with E-state index in [2.05, 4.69) is 63.8 Å². The highest BCUT2D eigenvalue weighted by Gasteiger charge is 2.07. The third-order valence-corrected chi connectivity index (χ3v) is 9.76. The Labute approximate surface area is 743 Å². The fourth-order valence-electron chi connectivity index (χ4n) is 6.10. The van der Waals surface area contributed by atoms with Gasteiger partial charge in [0.25, 0.3) is 0 Å². The first-order chi connectivity index (χ1) is 56.6. The molecule has 0 aliphatic rings. The second-order valence-corrected chi connectivity index (χ2v) is 27.6. The van der Waals surface area contributed by atoms with Gasteiger partial charge in [-0.25, -0.2) is 144 Å². The van der Waals surface area contributed by atoms with Crippen LogP contribution in [0.3, 0.4) is 0 Å². The maximum atomic E-state index is 10.1. The average Bonchev–Trinajstić information content (AvgIpc) is 1.05. The van der Waals surface area contributed by atoms with Crippen LogP contribution in [0.4, 0.5) is 25.2 Å². The van der Waals surface area contributed by atoms with Gasteiger partial charge >= 0.3 is 72.3 Å². The van der Waals surface area contributed by atoms with E-state index in [4.69, 9.17) is 143 Å². The summed E-state index contributed by atoms with van der Waals surface area (Å²) < 4.78 is 192. The SMILES string of the molecule is CNC(OC)=[N+](C)C.CNC(OC)=[N+](C)C.CNC(OC)=[N+](C)C.CNC(OC)=[N+](C)C.CNC(OC)=[N+](C)C.CNC(OC)=[N+](C)C.CNC(OC)=[N+](C)C.CNC(OC)=[N+](C)C.CNC(OC)=[N+](C)C.CNC(OC)=[N+](C)C.CNC(OC)=[N+](C)C.CNC(OC)=[N+](C)C.O=P([O-])([O-])F.O=P([O-])([O-])F.O=P([O-])([O-])F.O=P([O-])([O-])F.O=P([O-])([O-])F.O=P([O-])([O-])F. The summed E-state index contributed by atoms with van der Waals surface area (Å²) in [7, 11) is 53.4. The lowest BCUT2D eigenvalue weighted by molar-refractivity contribution is -0.476. The van der Waals surface area contributed by atoms with Crippen LogP contribution in [0.2, 0.25) is 0 Å². The quantitative estimate of drug-likeness (QED) is 0.0352. The first kappa shape index (κ1) is 161. The van der Waals surface area contributed by atoms with Crippen LogP contribution in [0.25, 0.3) is 0 Å². The van der Waals surface area contributed by atoms with Gasteiger partial charge in [0.1, 0.15) is 47.4 Å². The molecule has 0 aromatic heterocycles. The van der Waals surface area contributed by atoms with Crippen LogP contribution in [0.1, 0.15) is 0 Å². The van der Waals surface area contributed by atoms with E-state index in [1.54, 1.807) is 85.3 Å². The van der Waals surface area contributed by atoms with Crippen molar-refractivity contribution in [2.45, 2.75) is 0 Å². The molecule has 0 atom stereocenters. The number of nitrogens with zero attached hydrogens (tertiary/aromatic N) is 12. The monoisotopic (exact) mass is 1990 g/mol. The molecule has 0 fully saturated rings. The zero-order valence-electron chi connectivity index (χ0n) is 82.6. The number of nitrogens with one attached hydrogen (secondary N) is 12. The molecular formula is C60H156F6N24O30P6. The molecule has 0 spiro atoms. The normalized spacial score (nSPS) is 8.90. The van der Waals surface area contributed by atoms with E-state index in [0.29, 0.717) is 0 Å². The number of rotatable bonds is 0. The van der Waals surface area contributed by atoms with Crippen molar-refractivity contribution >= 4 is 120 Å². The fraction of sp³-hybridized carbons (Fsp3) is 0.800. The van der Waals surface area contributed by atoms with Crippen LogP contribution in [0, 0.1) is 0 Å². The summed E-state index contributed by atoms with van der Waals surface area (Å²) in [5, 5.41) is 34.5. The van der Waals surface area contributed by atoms with Crippen LogP contribution >= 0.6 is 47.4 Å². The molecule has 0 aromatic carbocycles. The Balaban J connectivity index is -0.0000000614. The lowest BCUT2D eigenvalue weighted by atomic mass is 10.9. The number of hydrogen-bond donors (Lipinski definition) is 12. The van der Waals surface area contributed by atoms with Crippen LogP contribution < -0.4 is 123 Å². The summed E-state index contributed by atoms with van der Waals surface area (Å²) in [5.74, 6) is 0. The van der Waals surface area contributed by atoms with Crippen LogP contribution in [-0.2, 0) is 84.2 Å². The highest BCUT2D eigenvalue weighted by Crippen LogP contribution is 2.24. The number of methoxy groups -OCH3 is 12. The molecule has 0 heterocycles. The molecule has 12 N–H and O–H groups in total. The summed E-state index contributed by atoms with van der Waals surface area (Å²) in [4.78, 5) is 101. The van der Waals surface area contributed by atoms with E-state index >= 15 is 0 Å². The van der Waals surface area contributed by atoms with E-state index in [1.807, 2.05) is 309 Å². The van der Waals surface area contributed by atoms with Crippen molar-refractivity contribution in [2.75, 3.05) is 339 Å². The van der Waals surface area contributed by atoms with Gasteiger partial charge < -0.3 is 143 Å². The summed E-state index contributed by atoms with van der Waals surface area (Å²) in [6.07, 6.45) is 0. The molecule has 0 aliphatic heterocycles. The van der Waals surface area contributed by atoms with Crippen molar-refractivity contribution in [1.82, 2.24) is 63.8 Å². The largest absolute Gasteiger partial charge is 0.786 e. The van der Waals surface area contributed by atoms with E-state index in [9.17, 15) is 25.2 Å². The Morgan fingerprint density at radius 3 is 0.190 bits per heavy atom. The van der Waals surface area contributed by atoms with Gasteiger partial charge in [-0.1, -0.05) is 0 Å². The second kappa shape index (κ2) is 102. The van der Waals surface area contributed by atoms with Gasteiger partial charge in [-0.2, -0.15) is 0 Å². The molecule has 0 saturated heterocycles. The fourth-order valence-corrected chi connectivity index (χ4v) is 6.10. The minimum Gasteiger partial charge on any atom is -0.786 e. The third-order valence-electron chi connectivity index (χ3n) is 9.76. The molecule has 126 heavy (non-hydrogen) atoms. The van der Waals surface area contributed by atoms with Crippen LogP contribution in [-0.4, -0.2) is 466 Å². The van der Waals surface area contributed by atoms with E-state index in [1.165, 1.54) is 0 Å². The van der Waals surface area contributed by atoms with Gasteiger partial charge in [0.2, 0.25) is 0 Å². The molecule has 0 saturated carbocycles. The van der Waals surface area contributed by atoms with Crippen molar-refractivity contribution in [3.63, 3.8) is 0 Å². The maximum Gasteiger partial charge on any atom is 0.443 e. The molecule has 66 heteroatoms. The number of ether oxygens (including phenoxy) is 12. The molecule has 768 valence electrons. The van der Waals surface area contributed by atoms with Gasteiger partial charge in [0.05, 0.1) is 339 Å². The second-order valence-electron chi connectivity index (χ2n) is 22.4. The Morgan fingerprint density at radius 1 is 0.159 bits per heavy atom. The van der Waals surface area contributed by atoms with Gasteiger partial charge in [0.15, 0.2) is 0 Å². The average molecular weight is 1990 g/mol. The summed E-state index contributed by atoms with van der Waals surface area (Å²) in [5.41, 5.74) is 0. The predicted octanol–water partition coefficient (Wildman–Crippen LogP) is -13.5. The van der Waals surface area contributed by atoms with E-state index in [-0.39, 0.29) is 0 Å². The van der Waals surface area contributed by atoms with Crippen LogP contribution in [0.15, 0.2) is 0 Å². The smallest absolute Gasteiger partial charge is 0.443 e. The third kappa shape index (κ3) is 198. The highest BCUT2D eigenvalue weighted by atomic mass is 31.2. The van der Waals surface area contributed by atoms with Crippen molar-refractivity contribution in [1.29, 1.82) is 0 Å².